The number of carbonyl (C=O) groups is 1. The molecule has 7 nitrogen and oxygen atoms in total. The number of amides is 1. The van der Waals surface area contributed by atoms with E-state index in [1.165, 1.54) is 39.8 Å². The maximum absolute atomic E-state index is 13.2. The molecular formula is C22H15F3N4O3S3. The van der Waals surface area contributed by atoms with Crippen molar-refractivity contribution in [3.05, 3.63) is 64.6 Å². The van der Waals surface area contributed by atoms with Gasteiger partial charge >= 0.3 is 6.36 Å². The Balaban J connectivity index is 1.39. The summed E-state index contributed by atoms with van der Waals surface area (Å²) in [4.78, 5) is 35.3. The standard InChI is InChI=1S/C22H15F3N4O3S3/c23-22(24,25)32-13-7-5-12(6-8-13)29-19(31)18-15(9-10-33-18)27-21(29)34-11-17(30)28-20-26-14-3-1-2-4-16(14)35-20/h1-8H,9-11H2,(H,26,28,30). The van der Waals surface area contributed by atoms with E-state index in [0.717, 1.165) is 34.1 Å². The number of alkyl halides is 3. The minimum atomic E-state index is -4.82. The van der Waals surface area contributed by atoms with Gasteiger partial charge in [-0.2, -0.15) is 0 Å². The van der Waals surface area contributed by atoms with Crippen molar-refractivity contribution in [2.24, 2.45) is 0 Å². The lowest BCUT2D eigenvalue weighted by molar-refractivity contribution is -0.274. The van der Waals surface area contributed by atoms with Crippen LogP contribution in [0.25, 0.3) is 15.9 Å². The van der Waals surface area contributed by atoms with Crippen LogP contribution in [-0.4, -0.2) is 38.3 Å². The Hall–Kier alpha value is -3.03. The molecule has 3 heterocycles. The van der Waals surface area contributed by atoms with Gasteiger partial charge in [-0.25, -0.2) is 9.97 Å². The first-order valence-electron chi connectivity index (χ1n) is 10.2. The minimum Gasteiger partial charge on any atom is -0.406 e. The third-order valence-corrected chi connectivity index (χ3v) is 7.87. The van der Waals surface area contributed by atoms with Crippen LogP contribution in [0, 0.1) is 0 Å². The highest BCUT2D eigenvalue weighted by Gasteiger charge is 2.31. The molecular weight excluding hydrogens is 521 g/mol. The van der Waals surface area contributed by atoms with Crippen molar-refractivity contribution in [1.29, 1.82) is 0 Å². The van der Waals surface area contributed by atoms with E-state index in [9.17, 15) is 22.8 Å². The largest absolute Gasteiger partial charge is 0.573 e. The number of anilines is 1. The van der Waals surface area contributed by atoms with Gasteiger partial charge in [-0.1, -0.05) is 35.2 Å². The topological polar surface area (TPSA) is 86.1 Å². The van der Waals surface area contributed by atoms with Crippen molar-refractivity contribution in [1.82, 2.24) is 14.5 Å². The molecule has 5 rings (SSSR count). The van der Waals surface area contributed by atoms with Crippen LogP contribution in [0.1, 0.15) is 5.69 Å². The van der Waals surface area contributed by atoms with Gasteiger partial charge in [0.15, 0.2) is 10.3 Å². The molecule has 0 unspecified atom stereocenters. The zero-order valence-electron chi connectivity index (χ0n) is 17.7. The number of rotatable bonds is 6. The van der Waals surface area contributed by atoms with Crippen LogP contribution in [0.15, 0.2) is 63.4 Å². The first kappa shape index (κ1) is 23.7. The molecule has 1 aliphatic heterocycles. The second-order valence-electron chi connectivity index (χ2n) is 7.27. The molecule has 35 heavy (non-hydrogen) atoms. The molecule has 2 aromatic heterocycles. The van der Waals surface area contributed by atoms with Crippen molar-refractivity contribution >= 4 is 56.1 Å². The molecule has 0 radical (unpaired) electrons. The van der Waals surface area contributed by atoms with Gasteiger partial charge in [0.1, 0.15) is 5.75 Å². The zero-order valence-corrected chi connectivity index (χ0v) is 20.1. The SMILES string of the molecule is O=C(CSc1nc2c(c(=O)n1-c1ccc(OC(F)(F)F)cc1)SCC2)Nc1nc2ccccc2s1. The average Bonchev–Trinajstić information content (AvgIpc) is 3.44. The predicted octanol–water partition coefficient (Wildman–Crippen LogP) is 5.12. The molecule has 180 valence electrons. The van der Waals surface area contributed by atoms with E-state index in [-0.39, 0.29) is 22.4 Å². The molecule has 0 bridgehead atoms. The minimum absolute atomic E-state index is 0.0381. The molecule has 1 aliphatic rings. The second-order valence-corrected chi connectivity index (χ2v) is 10.4. The summed E-state index contributed by atoms with van der Waals surface area (Å²) in [6, 6.07) is 12.5. The third kappa shape index (κ3) is 5.31. The molecule has 0 saturated heterocycles. The smallest absolute Gasteiger partial charge is 0.406 e. The number of thioether (sulfide) groups is 2. The first-order chi connectivity index (χ1) is 16.8. The lowest BCUT2D eigenvalue weighted by Crippen LogP contribution is -2.24. The van der Waals surface area contributed by atoms with Crippen LogP contribution in [-0.2, 0) is 11.2 Å². The number of hydrogen-bond acceptors (Lipinski definition) is 8. The van der Waals surface area contributed by atoms with E-state index < -0.39 is 12.1 Å². The number of halogens is 3. The van der Waals surface area contributed by atoms with Gasteiger partial charge in [0.2, 0.25) is 5.91 Å². The molecule has 4 aromatic rings. The summed E-state index contributed by atoms with van der Waals surface area (Å²) in [7, 11) is 0. The quantitative estimate of drug-likeness (QED) is 0.270. The van der Waals surface area contributed by atoms with Crippen molar-refractivity contribution in [2.45, 2.75) is 22.8 Å². The van der Waals surface area contributed by atoms with Crippen molar-refractivity contribution in [3.8, 4) is 11.4 Å². The number of aromatic nitrogens is 3. The van der Waals surface area contributed by atoms with Gasteiger partial charge < -0.3 is 10.1 Å². The van der Waals surface area contributed by atoms with Gasteiger partial charge in [0.05, 0.1) is 32.2 Å². The molecule has 1 amide bonds. The highest BCUT2D eigenvalue weighted by Crippen LogP contribution is 2.31. The Labute approximate surface area is 208 Å². The van der Waals surface area contributed by atoms with Crippen LogP contribution < -0.4 is 15.6 Å². The monoisotopic (exact) mass is 536 g/mol. The van der Waals surface area contributed by atoms with E-state index in [0.29, 0.717) is 33.6 Å². The van der Waals surface area contributed by atoms with Gasteiger partial charge in [0, 0.05) is 12.2 Å². The fourth-order valence-corrected chi connectivity index (χ4v) is 6.16. The summed E-state index contributed by atoms with van der Waals surface area (Å²) in [6.07, 6.45) is -4.19. The fraction of sp³-hybridized carbons (Fsp3) is 0.182. The maximum Gasteiger partial charge on any atom is 0.573 e. The Bertz CT molecular complexity index is 1440. The number of nitrogens with one attached hydrogen (secondary N) is 1. The highest BCUT2D eigenvalue weighted by molar-refractivity contribution is 8.00. The number of nitrogens with zero attached hydrogens (tertiary/aromatic N) is 3. The number of hydrogen-bond donors (Lipinski definition) is 1. The Morgan fingerprint density at radius 1 is 1.14 bits per heavy atom. The number of thiazole rings is 1. The van der Waals surface area contributed by atoms with Gasteiger partial charge in [0.25, 0.3) is 5.56 Å². The number of para-hydroxylation sites is 1. The average molecular weight is 537 g/mol. The van der Waals surface area contributed by atoms with E-state index in [1.807, 2.05) is 24.3 Å². The molecule has 13 heteroatoms. The number of carbonyl (C=O) groups excluding carboxylic acids is 1. The van der Waals surface area contributed by atoms with Crippen LogP contribution in [0.4, 0.5) is 18.3 Å². The molecule has 0 saturated carbocycles. The number of ether oxygens (including phenoxy) is 1. The van der Waals surface area contributed by atoms with Gasteiger partial charge in [-0.05, 0) is 36.4 Å². The van der Waals surface area contributed by atoms with E-state index >= 15 is 0 Å². The van der Waals surface area contributed by atoms with Crippen LogP contribution in [0.3, 0.4) is 0 Å². The third-order valence-electron chi connectivity index (χ3n) is 4.87. The summed E-state index contributed by atoms with van der Waals surface area (Å²) in [5.41, 5.74) is 1.44. The molecule has 1 N–H and O–H groups in total. The van der Waals surface area contributed by atoms with Crippen molar-refractivity contribution < 1.29 is 22.7 Å². The maximum atomic E-state index is 13.2. The summed E-state index contributed by atoms with van der Waals surface area (Å²) in [5, 5.41) is 3.51. The van der Waals surface area contributed by atoms with Crippen molar-refractivity contribution in [2.75, 3.05) is 16.8 Å². The Morgan fingerprint density at radius 2 is 1.91 bits per heavy atom. The number of fused-ring (bicyclic) bond motifs is 2. The van der Waals surface area contributed by atoms with Crippen LogP contribution in [0.5, 0.6) is 5.75 Å². The second kappa shape index (κ2) is 9.55. The van der Waals surface area contributed by atoms with Crippen LogP contribution >= 0.6 is 34.9 Å². The number of aryl methyl sites for hydroxylation is 1. The highest BCUT2D eigenvalue weighted by atomic mass is 32.2. The Morgan fingerprint density at radius 3 is 2.66 bits per heavy atom. The molecule has 2 aromatic carbocycles. The molecule has 0 atom stereocenters. The van der Waals surface area contributed by atoms with Crippen molar-refractivity contribution in [3.63, 3.8) is 0 Å². The lowest BCUT2D eigenvalue weighted by Gasteiger charge is -2.14. The first-order valence-corrected chi connectivity index (χ1v) is 13.0. The summed E-state index contributed by atoms with van der Waals surface area (Å²) in [6.45, 7) is 0. The summed E-state index contributed by atoms with van der Waals surface area (Å²) in [5.74, 6) is -0.0491. The zero-order chi connectivity index (χ0) is 24.6. The summed E-state index contributed by atoms with van der Waals surface area (Å²) < 4.78 is 43.7. The summed E-state index contributed by atoms with van der Waals surface area (Å²) >= 11 is 3.81. The van der Waals surface area contributed by atoms with E-state index in [1.54, 1.807) is 0 Å². The molecule has 0 spiro atoms. The fourth-order valence-electron chi connectivity index (χ4n) is 3.42. The Kier molecular flexibility index (Phi) is 6.47. The van der Waals surface area contributed by atoms with Crippen LogP contribution in [0.2, 0.25) is 0 Å². The van der Waals surface area contributed by atoms with Gasteiger partial charge in [-0.15, -0.1) is 24.9 Å². The normalized spacial score (nSPS) is 13.1. The molecule has 0 aliphatic carbocycles. The van der Waals surface area contributed by atoms with E-state index in [2.05, 4.69) is 20.0 Å². The predicted molar refractivity (Wildman–Crippen MR) is 130 cm³/mol. The van der Waals surface area contributed by atoms with Gasteiger partial charge in [-0.3, -0.25) is 14.2 Å². The molecule has 0 fully saturated rings. The lowest BCUT2D eigenvalue weighted by atomic mass is 10.3. The number of benzene rings is 2. The van der Waals surface area contributed by atoms with E-state index in [4.69, 9.17) is 0 Å².